The summed E-state index contributed by atoms with van der Waals surface area (Å²) in [5.41, 5.74) is 0. The van der Waals surface area contributed by atoms with Crippen molar-refractivity contribution in [2.45, 2.75) is 38.7 Å². The molecule has 3 heteroatoms. The quantitative estimate of drug-likeness (QED) is 0.656. The average Bonchev–Trinajstić information content (AvgIpc) is 2.29. The van der Waals surface area contributed by atoms with Crippen molar-refractivity contribution < 1.29 is 9.47 Å². The second-order valence-corrected chi connectivity index (χ2v) is 4.22. The van der Waals surface area contributed by atoms with Crippen LogP contribution in [-0.2, 0) is 9.47 Å². The van der Waals surface area contributed by atoms with Gasteiger partial charge in [0.25, 0.3) is 0 Å². The first kappa shape index (κ1) is 12.5. The van der Waals surface area contributed by atoms with Gasteiger partial charge in [0.2, 0.25) is 0 Å². The van der Waals surface area contributed by atoms with Crippen molar-refractivity contribution in [1.82, 2.24) is 0 Å². The largest absolute Gasteiger partial charge is 0.382 e. The standard InChI is InChI=1S/C12H21NO2/c1-3-10-4-5-11(9-13)12(8-10)15-7-6-14-2/h10-12H,3-8H2,1-2H3. The SMILES string of the molecule is CCC1CCC(C#N)C(OCCOC)C1. The highest BCUT2D eigenvalue weighted by atomic mass is 16.5. The maximum absolute atomic E-state index is 9.02. The van der Waals surface area contributed by atoms with E-state index in [9.17, 15) is 0 Å². The Morgan fingerprint density at radius 3 is 2.73 bits per heavy atom. The fourth-order valence-corrected chi connectivity index (χ4v) is 2.20. The lowest BCUT2D eigenvalue weighted by Crippen LogP contribution is -2.31. The molecule has 3 atom stereocenters. The van der Waals surface area contributed by atoms with E-state index in [-0.39, 0.29) is 12.0 Å². The molecule has 86 valence electrons. The highest BCUT2D eigenvalue weighted by Crippen LogP contribution is 2.32. The molecule has 15 heavy (non-hydrogen) atoms. The number of nitriles is 1. The van der Waals surface area contributed by atoms with Crippen LogP contribution in [0, 0.1) is 23.2 Å². The number of hydrogen-bond acceptors (Lipinski definition) is 3. The van der Waals surface area contributed by atoms with Crippen LogP contribution in [0.3, 0.4) is 0 Å². The second-order valence-electron chi connectivity index (χ2n) is 4.22. The van der Waals surface area contributed by atoms with E-state index >= 15 is 0 Å². The van der Waals surface area contributed by atoms with Gasteiger partial charge in [-0.25, -0.2) is 0 Å². The molecule has 0 heterocycles. The molecular weight excluding hydrogens is 190 g/mol. The van der Waals surface area contributed by atoms with Crippen LogP contribution in [0.5, 0.6) is 0 Å². The molecule has 0 aliphatic heterocycles. The molecule has 1 aliphatic carbocycles. The Kier molecular flexibility index (Phi) is 5.67. The summed E-state index contributed by atoms with van der Waals surface area (Å²) in [6, 6.07) is 2.36. The van der Waals surface area contributed by atoms with Crippen LogP contribution in [0.15, 0.2) is 0 Å². The van der Waals surface area contributed by atoms with Gasteiger partial charge in [0, 0.05) is 7.11 Å². The first-order valence-electron chi connectivity index (χ1n) is 5.82. The number of rotatable bonds is 5. The summed E-state index contributed by atoms with van der Waals surface area (Å²) in [7, 11) is 1.67. The molecule has 0 radical (unpaired) electrons. The molecule has 0 saturated heterocycles. The smallest absolute Gasteiger partial charge is 0.0737 e. The lowest BCUT2D eigenvalue weighted by atomic mass is 9.79. The van der Waals surface area contributed by atoms with Gasteiger partial charge < -0.3 is 9.47 Å². The zero-order valence-corrected chi connectivity index (χ0v) is 9.74. The normalized spacial score (nSPS) is 31.1. The van der Waals surface area contributed by atoms with Crippen molar-refractivity contribution in [3.63, 3.8) is 0 Å². The van der Waals surface area contributed by atoms with Crippen LogP contribution in [0.1, 0.15) is 32.6 Å². The Hall–Kier alpha value is -0.590. The molecule has 0 bridgehead atoms. The molecule has 0 aromatic heterocycles. The molecule has 0 amide bonds. The van der Waals surface area contributed by atoms with E-state index in [0.717, 1.165) is 18.8 Å². The Balaban J connectivity index is 2.38. The first-order chi connectivity index (χ1) is 7.31. The van der Waals surface area contributed by atoms with E-state index in [2.05, 4.69) is 13.0 Å². The zero-order valence-electron chi connectivity index (χ0n) is 9.74. The van der Waals surface area contributed by atoms with E-state index in [1.165, 1.54) is 12.8 Å². The highest BCUT2D eigenvalue weighted by Gasteiger charge is 2.30. The van der Waals surface area contributed by atoms with Gasteiger partial charge in [-0.1, -0.05) is 13.3 Å². The minimum absolute atomic E-state index is 0.0876. The van der Waals surface area contributed by atoms with Gasteiger partial charge in [-0.3, -0.25) is 0 Å². The van der Waals surface area contributed by atoms with Gasteiger partial charge in [0.05, 0.1) is 31.3 Å². The summed E-state index contributed by atoms with van der Waals surface area (Å²) >= 11 is 0. The Morgan fingerprint density at radius 2 is 2.13 bits per heavy atom. The Labute approximate surface area is 92.4 Å². The van der Waals surface area contributed by atoms with Gasteiger partial charge >= 0.3 is 0 Å². The van der Waals surface area contributed by atoms with Crippen molar-refractivity contribution in [3.05, 3.63) is 0 Å². The lowest BCUT2D eigenvalue weighted by molar-refractivity contribution is -0.0299. The lowest BCUT2D eigenvalue weighted by Gasteiger charge is -2.32. The molecule has 1 saturated carbocycles. The van der Waals surface area contributed by atoms with Gasteiger partial charge in [0.15, 0.2) is 0 Å². The first-order valence-corrected chi connectivity index (χ1v) is 5.82. The van der Waals surface area contributed by atoms with E-state index in [1.807, 2.05) is 0 Å². The summed E-state index contributed by atoms with van der Waals surface area (Å²) < 4.78 is 10.7. The minimum atomic E-state index is 0.0876. The maximum Gasteiger partial charge on any atom is 0.0737 e. The number of hydrogen-bond donors (Lipinski definition) is 0. The monoisotopic (exact) mass is 211 g/mol. The van der Waals surface area contributed by atoms with Crippen molar-refractivity contribution in [3.8, 4) is 6.07 Å². The molecule has 3 nitrogen and oxygen atoms in total. The van der Waals surface area contributed by atoms with Crippen LogP contribution < -0.4 is 0 Å². The average molecular weight is 211 g/mol. The third-order valence-electron chi connectivity index (χ3n) is 3.26. The highest BCUT2D eigenvalue weighted by molar-refractivity contribution is 4.93. The number of ether oxygens (including phenoxy) is 2. The van der Waals surface area contributed by atoms with E-state index in [4.69, 9.17) is 14.7 Å². The van der Waals surface area contributed by atoms with Crippen LogP contribution in [0.4, 0.5) is 0 Å². The van der Waals surface area contributed by atoms with Gasteiger partial charge in [-0.05, 0) is 25.2 Å². The molecule has 0 N–H and O–H groups in total. The summed E-state index contributed by atoms with van der Waals surface area (Å²) in [5, 5.41) is 9.02. The Morgan fingerprint density at radius 1 is 1.33 bits per heavy atom. The summed E-state index contributed by atoms with van der Waals surface area (Å²) in [4.78, 5) is 0. The van der Waals surface area contributed by atoms with Crippen LogP contribution in [0.2, 0.25) is 0 Å². The van der Waals surface area contributed by atoms with Crippen LogP contribution in [0.25, 0.3) is 0 Å². The molecule has 0 aromatic rings. The molecule has 0 spiro atoms. The minimum Gasteiger partial charge on any atom is -0.382 e. The third-order valence-corrected chi connectivity index (χ3v) is 3.26. The molecule has 1 aliphatic rings. The molecule has 0 aromatic carbocycles. The summed E-state index contributed by atoms with van der Waals surface area (Å²) in [6.07, 6.45) is 4.54. The van der Waals surface area contributed by atoms with Crippen molar-refractivity contribution in [1.29, 1.82) is 5.26 Å². The molecular formula is C12H21NO2. The van der Waals surface area contributed by atoms with Crippen LogP contribution in [-0.4, -0.2) is 26.4 Å². The van der Waals surface area contributed by atoms with E-state index < -0.39 is 0 Å². The van der Waals surface area contributed by atoms with Gasteiger partial charge in [-0.15, -0.1) is 0 Å². The second kappa shape index (κ2) is 6.81. The van der Waals surface area contributed by atoms with Gasteiger partial charge in [-0.2, -0.15) is 5.26 Å². The van der Waals surface area contributed by atoms with Gasteiger partial charge in [0.1, 0.15) is 0 Å². The fraction of sp³-hybridized carbons (Fsp3) is 0.917. The zero-order chi connectivity index (χ0) is 11.1. The van der Waals surface area contributed by atoms with Crippen molar-refractivity contribution in [2.75, 3.05) is 20.3 Å². The number of nitrogens with zero attached hydrogens (tertiary/aromatic N) is 1. The van der Waals surface area contributed by atoms with Crippen molar-refractivity contribution in [2.24, 2.45) is 11.8 Å². The molecule has 1 fully saturated rings. The molecule has 3 unspecified atom stereocenters. The summed E-state index contributed by atoms with van der Waals surface area (Å²) in [5.74, 6) is 0.826. The van der Waals surface area contributed by atoms with Crippen molar-refractivity contribution >= 4 is 0 Å². The topological polar surface area (TPSA) is 42.2 Å². The third kappa shape index (κ3) is 3.81. The van der Waals surface area contributed by atoms with E-state index in [1.54, 1.807) is 7.11 Å². The predicted molar refractivity (Wildman–Crippen MR) is 58.4 cm³/mol. The number of methoxy groups -OCH3 is 1. The maximum atomic E-state index is 9.02. The van der Waals surface area contributed by atoms with E-state index in [0.29, 0.717) is 13.2 Å². The fourth-order valence-electron chi connectivity index (χ4n) is 2.20. The van der Waals surface area contributed by atoms with Crippen LogP contribution >= 0.6 is 0 Å². The predicted octanol–water partition coefficient (Wildman–Crippen LogP) is 2.37. The summed E-state index contributed by atoms with van der Waals surface area (Å²) in [6.45, 7) is 3.44. The molecule has 1 rings (SSSR count). The Bertz CT molecular complexity index is 212.